The number of hydrogen-bond donors (Lipinski definition) is 1. The molecule has 1 unspecified atom stereocenters. The highest BCUT2D eigenvalue weighted by Crippen LogP contribution is 2.33. The first-order valence-corrected chi connectivity index (χ1v) is 8.76. The first-order chi connectivity index (χ1) is 12.5. The Morgan fingerprint density at radius 2 is 2.08 bits per heavy atom. The Morgan fingerprint density at radius 1 is 1.31 bits per heavy atom. The molecular formula is C19H23N3O4. The van der Waals surface area contributed by atoms with Crippen LogP contribution in [-0.2, 0) is 16.0 Å². The number of hydrogen-bond acceptors (Lipinski definition) is 5. The van der Waals surface area contributed by atoms with Crippen molar-refractivity contribution in [3.05, 3.63) is 41.3 Å². The first-order valence-electron chi connectivity index (χ1n) is 8.76. The number of aryl methyl sites for hydroxylation is 2. The van der Waals surface area contributed by atoms with Crippen LogP contribution >= 0.6 is 0 Å². The van der Waals surface area contributed by atoms with Gasteiger partial charge in [-0.25, -0.2) is 0 Å². The van der Waals surface area contributed by atoms with Crippen LogP contribution in [0.15, 0.2) is 28.8 Å². The largest absolute Gasteiger partial charge is 0.477 e. The van der Waals surface area contributed by atoms with Crippen LogP contribution in [-0.4, -0.2) is 36.2 Å². The number of amides is 2. The quantitative estimate of drug-likeness (QED) is 0.886. The van der Waals surface area contributed by atoms with Crippen molar-refractivity contribution in [2.24, 2.45) is 0 Å². The van der Waals surface area contributed by atoms with Gasteiger partial charge in [-0.3, -0.25) is 9.59 Å². The molecule has 0 bridgehead atoms. The van der Waals surface area contributed by atoms with E-state index in [1.54, 1.807) is 17.9 Å². The Balaban J connectivity index is 1.84. The van der Waals surface area contributed by atoms with Crippen molar-refractivity contribution < 1.29 is 18.8 Å². The van der Waals surface area contributed by atoms with E-state index in [0.29, 0.717) is 29.4 Å². The molecule has 1 N–H and O–H groups in total. The lowest BCUT2D eigenvalue weighted by Crippen LogP contribution is -2.51. The van der Waals surface area contributed by atoms with E-state index in [0.717, 1.165) is 12.0 Å². The number of ether oxygens (including phenoxy) is 1. The Morgan fingerprint density at radius 3 is 2.77 bits per heavy atom. The van der Waals surface area contributed by atoms with Crippen molar-refractivity contribution in [2.75, 3.05) is 18.0 Å². The van der Waals surface area contributed by atoms with Gasteiger partial charge >= 0.3 is 0 Å². The maximum atomic E-state index is 13.0. The van der Waals surface area contributed by atoms with Crippen LogP contribution < -0.4 is 15.0 Å². The summed E-state index contributed by atoms with van der Waals surface area (Å²) in [7, 11) is 0. The van der Waals surface area contributed by atoms with E-state index in [9.17, 15) is 9.59 Å². The second kappa shape index (κ2) is 7.59. The van der Waals surface area contributed by atoms with Gasteiger partial charge in [0.05, 0.1) is 24.3 Å². The Bertz CT molecular complexity index is 795. The highest BCUT2D eigenvalue weighted by atomic mass is 16.5. The standard InChI is InChI=1S/C19H23N3O4/c1-4-9-20-19(24)17-11-22(15-7-5-6-8-16(15)25-17)18(23)10-14-12(2)21-26-13(14)3/h5-8,17H,4,9-11H2,1-3H3,(H,20,24). The molecule has 7 nitrogen and oxygen atoms in total. The molecule has 1 aliphatic heterocycles. The van der Waals surface area contributed by atoms with Crippen molar-refractivity contribution in [2.45, 2.75) is 39.7 Å². The predicted octanol–water partition coefficient (Wildman–Crippen LogP) is 2.15. The SMILES string of the molecule is CCCNC(=O)C1CN(C(=O)Cc2c(C)noc2C)c2ccccc2O1. The van der Waals surface area contributed by atoms with Crippen molar-refractivity contribution in [3.63, 3.8) is 0 Å². The fourth-order valence-electron chi connectivity index (χ4n) is 2.97. The van der Waals surface area contributed by atoms with Crippen LogP contribution in [0.3, 0.4) is 0 Å². The van der Waals surface area contributed by atoms with E-state index >= 15 is 0 Å². The third-order valence-electron chi connectivity index (χ3n) is 4.43. The maximum absolute atomic E-state index is 13.0. The minimum absolute atomic E-state index is 0.122. The smallest absolute Gasteiger partial charge is 0.262 e. The van der Waals surface area contributed by atoms with Crippen molar-refractivity contribution in [1.82, 2.24) is 10.5 Å². The number of carbonyl (C=O) groups is 2. The van der Waals surface area contributed by atoms with Crippen molar-refractivity contribution in [1.29, 1.82) is 0 Å². The minimum Gasteiger partial charge on any atom is -0.477 e. The zero-order valence-corrected chi connectivity index (χ0v) is 15.2. The molecular weight excluding hydrogens is 334 g/mol. The van der Waals surface area contributed by atoms with Gasteiger partial charge in [-0.05, 0) is 32.4 Å². The summed E-state index contributed by atoms with van der Waals surface area (Å²) in [5.74, 6) is 0.831. The molecule has 0 radical (unpaired) electrons. The van der Waals surface area contributed by atoms with E-state index in [1.807, 2.05) is 32.0 Å². The lowest BCUT2D eigenvalue weighted by Gasteiger charge is -2.34. The zero-order valence-electron chi connectivity index (χ0n) is 15.2. The Labute approximate surface area is 152 Å². The van der Waals surface area contributed by atoms with Gasteiger partial charge in [-0.2, -0.15) is 0 Å². The zero-order chi connectivity index (χ0) is 18.7. The van der Waals surface area contributed by atoms with Crippen LogP contribution in [0.25, 0.3) is 0 Å². The summed E-state index contributed by atoms with van der Waals surface area (Å²) in [6, 6.07) is 7.25. The number of aromatic nitrogens is 1. The van der Waals surface area contributed by atoms with E-state index in [1.165, 1.54) is 0 Å². The second-order valence-electron chi connectivity index (χ2n) is 6.35. The fourth-order valence-corrected chi connectivity index (χ4v) is 2.97. The maximum Gasteiger partial charge on any atom is 0.262 e. The van der Waals surface area contributed by atoms with Gasteiger partial charge in [0.25, 0.3) is 5.91 Å². The van der Waals surface area contributed by atoms with Gasteiger partial charge in [-0.1, -0.05) is 24.2 Å². The molecule has 0 fully saturated rings. The molecule has 0 saturated carbocycles. The number of fused-ring (bicyclic) bond motifs is 1. The van der Waals surface area contributed by atoms with Crippen LogP contribution in [0, 0.1) is 13.8 Å². The lowest BCUT2D eigenvalue weighted by atomic mass is 10.1. The first kappa shape index (κ1) is 18.0. The third kappa shape index (κ3) is 3.56. The van der Waals surface area contributed by atoms with Crippen LogP contribution in [0.4, 0.5) is 5.69 Å². The Hall–Kier alpha value is -2.83. The molecule has 26 heavy (non-hydrogen) atoms. The molecule has 0 aliphatic carbocycles. The molecule has 0 saturated heterocycles. The predicted molar refractivity (Wildman–Crippen MR) is 96.2 cm³/mol. The summed E-state index contributed by atoms with van der Waals surface area (Å²) >= 11 is 0. The molecule has 2 amide bonds. The highest BCUT2D eigenvalue weighted by Gasteiger charge is 2.34. The lowest BCUT2D eigenvalue weighted by molar-refractivity contribution is -0.128. The van der Waals surface area contributed by atoms with Crippen LogP contribution in [0.5, 0.6) is 5.75 Å². The van der Waals surface area contributed by atoms with Gasteiger partial charge < -0.3 is 19.5 Å². The molecule has 0 spiro atoms. The van der Waals surface area contributed by atoms with Gasteiger partial charge in [0.1, 0.15) is 11.5 Å². The number of nitrogens with one attached hydrogen (secondary N) is 1. The number of anilines is 1. The normalized spacial score (nSPS) is 16.0. The molecule has 7 heteroatoms. The summed E-state index contributed by atoms with van der Waals surface area (Å²) in [5, 5.41) is 6.73. The van der Waals surface area contributed by atoms with E-state index < -0.39 is 6.10 Å². The van der Waals surface area contributed by atoms with Gasteiger partial charge in [-0.15, -0.1) is 0 Å². The number of rotatable bonds is 5. The highest BCUT2D eigenvalue weighted by molar-refractivity contribution is 5.98. The van der Waals surface area contributed by atoms with Gasteiger partial charge in [0.2, 0.25) is 5.91 Å². The second-order valence-corrected chi connectivity index (χ2v) is 6.35. The number of benzene rings is 1. The molecule has 1 atom stereocenters. The molecule has 1 aromatic heterocycles. The summed E-state index contributed by atoms with van der Waals surface area (Å²) in [6.07, 6.45) is 0.271. The van der Waals surface area contributed by atoms with Crippen molar-refractivity contribution >= 4 is 17.5 Å². The summed E-state index contributed by atoms with van der Waals surface area (Å²) < 4.78 is 11.0. The molecule has 1 aromatic carbocycles. The molecule has 3 rings (SSSR count). The molecule has 2 aromatic rings. The average molecular weight is 357 g/mol. The number of nitrogens with zero attached hydrogens (tertiary/aromatic N) is 2. The van der Waals surface area contributed by atoms with E-state index in [2.05, 4.69) is 10.5 Å². The van der Waals surface area contributed by atoms with Crippen molar-refractivity contribution in [3.8, 4) is 5.75 Å². The molecule has 138 valence electrons. The molecule has 2 heterocycles. The van der Waals surface area contributed by atoms with E-state index in [-0.39, 0.29) is 24.8 Å². The third-order valence-corrected chi connectivity index (χ3v) is 4.43. The fraction of sp³-hybridized carbons (Fsp3) is 0.421. The topological polar surface area (TPSA) is 84.7 Å². The van der Waals surface area contributed by atoms with Gasteiger partial charge in [0.15, 0.2) is 6.10 Å². The monoisotopic (exact) mass is 357 g/mol. The Kier molecular flexibility index (Phi) is 5.25. The van der Waals surface area contributed by atoms with Crippen LogP contribution in [0.2, 0.25) is 0 Å². The summed E-state index contributed by atoms with van der Waals surface area (Å²) in [5.41, 5.74) is 2.16. The van der Waals surface area contributed by atoms with Crippen LogP contribution in [0.1, 0.15) is 30.4 Å². The average Bonchev–Trinajstić information content (AvgIpc) is 2.97. The van der Waals surface area contributed by atoms with E-state index in [4.69, 9.17) is 9.26 Å². The summed E-state index contributed by atoms with van der Waals surface area (Å²) in [6.45, 7) is 6.34. The number of carbonyl (C=O) groups excluding carboxylic acids is 2. The van der Waals surface area contributed by atoms with Gasteiger partial charge in [0, 0.05) is 12.1 Å². The molecule has 1 aliphatic rings. The summed E-state index contributed by atoms with van der Waals surface area (Å²) in [4.78, 5) is 27.0. The number of para-hydroxylation sites is 2. The minimum atomic E-state index is -0.731.